The summed E-state index contributed by atoms with van der Waals surface area (Å²) >= 11 is 0. The highest BCUT2D eigenvalue weighted by atomic mass is 16.2. The van der Waals surface area contributed by atoms with Gasteiger partial charge in [0, 0.05) is 24.0 Å². The Balaban J connectivity index is 2.10. The van der Waals surface area contributed by atoms with Crippen molar-refractivity contribution >= 4 is 12.1 Å². The molecule has 0 aromatic heterocycles. The third-order valence-corrected chi connectivity index (χ3v) is 5.25. The van der Waals surface area contributed by atoms with Crippen molar-refractivity contribution in [2.75, 3.05) is 0 Å². The maximum atomic E-state index is 12.9. The van der Waals surface area contributed by atoms with Crippen molar-refractivity contribution in [2.24, 2.45) is 5.92 Å². The fourth-order valence-corrected chi connectivity index (χ4v) is 4.22. The fraction of sp³-hybridized carbons (Fsp3) is 0.579. The topological polar surface area (TPSA) is 64.7 Å². The molecule has 3 rings (SSSR count). The Morgan fingerprint density at radius 1 is 0.880 bits per heavy atom. The number of carbonyl (C=O) groups is 2. The standard InChI is InChI=1S/C19H28N4O2/c1-11(2)22-16(14-9-7-6-8-10-14)15-13(5)20-18(24)23(12(3)4)17(15)21-19(22)25/h6-13,15-17H,1-5H3,(H,20,24)(H,21,25)/t13-,15+,16+,17-/m1/s1. The Labute approximate surface area is 149 Å². The minimum atomic E-state index is -0.309. The zero-order chi connectivity index (χ0) is 18.3. The Morgan fingerprint density at radius 2 is 1.44 bits per heavy atom. The third kappa shape index (κ3) is 2.94. The van der Waals surface area contributed by atoms with Crippen molar-refractivity contribution in [2.45, 2.75) is 65.0 Å². The molecule has 0 unspecified atom stereocenters. The smallest absolute Gasteiger partial charge is 0.319 e. The zero-order valence-corrected chi connectivity index (χ0v) is 15.6. The van der Waals surface area contributed by atoms with Gasteiger partial charge in [-0.1, -0.05) is 30.3 Å². The van der Waals surface area contributed by atoms with E-state index in [1.807, 2.05) is 57.7 Å². The molecule has 6 nitrogen and oxygen atoms in total. The lowest BCUT2D eigenvalue weighted by Gasteiger charge is -2.55. The molecule has 1 aromatic rings. The number of urea groups is 2. The number of nitrogens with one attached hydrogen (secondary N) is 2. The highest BCUT2D eigenvalue weighted by Gasteiger charge is 2.52. The van der Waals surface area contributed by atoms with E-state index < -0.39 is 0 Å². The maximum Gasteiger partial charge on any atom is 0.319 e. The lowest BCUT2D eigenvalue weighted by molar-refractivity contribution is -0.0116. The maximum absolute atomic E-state index is 12.9. The van der Waals surface area contributed by atoms with Gasteiger partial charge < -0.3 is 20.4 Å². The van der Waals surface area contributed by atoms with Crippen LogP contribution in [0.3, 0.4) is 0 Å². The average Bonchev–Trinajstić information content (AvgIpc) is 2.53. The minimum Gasteiger partial charge on any atom is -0.335 e. The molecule has 2 heterocycles. The third-order valence-electron chi connectivity index (χ3n) is 5.25. The van der Waals surface area contributed by atoms with Crippen molar-refractivity contribution in [1.82, 2.24) is 20.4 Å². The quantitative estimate of drug-likeness (QED) is 0.885. The first-order valence-electron chi connectivity index (χ1n) is 9.05. The zero-order valence-electron chi connectivity index (χ0n) is 15.6. The molecule has 25 heavy (non-hydrogen) atoms. The number of hydrogen-bond acceptors (Lipinski definition) is 2. The Kier molecular flexibility index (Phi) is 4.62. The van der Waals surface area contributed by atoms with E-state index in [1.54, 1.807) is 4.90 Å². The van der Waals surface area contributed by atoms with Crippen molar-refractivity contribution in [3.05, 3.63) is 35.9 Å². The Bertz CT molecular complexity index is 646. The predicted octanol–water partition coefficient (Wildman–Crippen LogP) is 2.93. The average molecular weight is 344 g/mol. The summed E-state index contributed by atoms with van der Waals surface area (Å²) in [5.74, 6) is 0.0580. The summed E-state index contributed by atoms with van der Waals surface area (Å²) < 4.78 is 0. The summed E-state index contributed by atoms with van der Waals surface area (Å²) in [7, 11) is 0. The molecule has 2 saturated heterocycles. The predicted molar refractivity (Wildman–Crippen MR) is 96.9 cm³/mol. The lowest BCUT2D eigenvalue weighted by Crippen LogP contribution is -2.74. The van der Waals surface area contributed by atoms with Gasteiger partial charge in [-0.25, -0.2) is 9.59 Å². The van der Waals surface area contributed by atoms with E-state index in [0.29, 0.717) is 0 Å². The van der Waals surface area contributed by atoms with E-state index in [-0.39, 0.29) is 48.3 Å². The number of amides is 4. The summed E-state index contributed by atoms with van der Waals surface area (Å²) in [5, 5.41) is 6.19. The van der Waals surface area contributed by atoms with Crippen LogP contribution in [0, 0.1) is 5.92 Å². The van der Waals surface area contributed by atoms with Crippen molar-refractivity contribution in [3.63, 3.8) is 0 Å². The van der Waals surface area contributed by atoms with Crippen molar-refractivity contribution in [1.29, 1.82) is 0 Å². The molecular formula is C19H28N4O2. The highest BCUT2D eigenvalue weighted by Crippen LogP contribution is 2.40. The van der Waals surface area contributed by atoms with Gasteiger partial charge in [-0.2, -0.15) is 0 Å². The summed E-state index contributed by atoms with van der Waals surface area (Å²) in [4.78, 5) is 29.1. The monoisotopic (exact) mass is 344 g/mol. The first kappa shape index (κ1) is 17.6. The van der Waals surface area contributed by atoms with Gasteiger partial charge >= 0.3 is 12.1 Å². The van der Waals surface area contributed by atoms with Gasteiger partial charge in [-0.05, 0) is 40.2 Å². The van der Waals surface area contributed by atoms with Crippen molar-refractivity contribution in [3.8, 4) is 0 Å². The molecule has 0 saturated carbocycles. The molecule has 2 fully saturated rings. The lowest BCUT2D eigenvalue weighted by atomic mass is 9.80. The van der Waals surface area contributed by atoms with E-state index in [0.717, 1.165) is 5.56 Å². The minimum absolute atomic E-state index is 0.00215. The van der Waals surface area contributed by atoms with Crippen LogP contribution < -0.4 is 10.6 Å². The van der Waals surface area contributed by atoms with E-state index >= 15 is 0 Å². The Morgan fingerprint density at radius 3 is 2.00 bits per heavy atom. The first-order valence-corrected chi connectivity index (χ1v) is 9.05. The van der Waals surface area contributed by atoms with Gasteiger partial charge in [0.05, 0.1) is 6.04 Å². The van der Waals surface area contributed by atoms with E-state index in [1.165, 1.54) is 0 Å². The van der Waals surface area contributed by atoms with E-state index in [2.05, 4.69) is 22.8 Å². The van der Waals surface area contributed by atoms with Gasteiger partial charge in [0.15, 0.2) is 0 Å². The molecule has 0 spiro atoms. The number of fused-ring (bicyclic) bond motifs is 1. The second kappa shape index (κ2) is 6.58. The van der Waals surface area contributed by atoms with E-state index in [9.17, 15) is 9.59 Å². The van der Waals surface area contributed by atoms with Gasteiger partial charge in [0.25, 0.3) is 0 Å². The fourth-order valence-electron chi connectivity index (χ4n) is 4.22. The van der Waals surface area contributed by atoms with Crippen LogP contribution in [0.25, 0.3) is 0 Å². The molecule has 136 valence electrons. The molecule has 1 aromatic carbocycles. The second-order valence-corrected chi connectivity index (χ2v) is 7.57. The summed E-state index contributed by atoms with van der Waals surface area (Å²) in [5.41, 5.74) is 1.10. The van der Waals surface area contributed by atoms with Crippen LogP contribution in [-0.4, -0.2) is 46.2 Å². The van der Waals surface area contributed by atoms with Crippen LogP contribution in [-0.2, 0) is 0 Å². The van der Waals surface area contributed by atoms with Crippen LogP contribution in [0.2, 0.25) is 0 Å². The van der Waals surface area contributed by atoms with Crippen LogP contribution in [0.5, 0.6) is 0 Å². The summed E-state index contributed by atoms with van der Waals surface area (Å²) in [6.07, 6.45) is -0.309. The number of hydrogen-bond donors (Lipinski definition) is 2. The largest absolute Gasteiger partial charge is 0.335 e. The molecule has 0 bridgehead atoms. The second-order valence-electron chi connectivity index (χ2n) is 7.57. The SMILES string of the molecule is CC(C)N1C(=O)N[C@H](C)[C@@H]2[C@@H]1NC(=O)N(C(C)C)[C@H]2c1ccccc1. The molecule has 4 amide bonds. The van der Waals surface area contributed by atoms with Gasteiger partial charge in [0.2, 0.25) is 0 Å². The molecule has 4 atom stereocenters. The molecule has 2 aliphatic heterocycles. The van der Waals surface area contributed by atoms with Gasteiger partial charge in [0.1, 0.15) is 6.17 Å². The van der Waals surface area contributed by atoms with Gasteiger partial charge in [-0.3, -0.25) is 0 Å². The summed E-state index contributed by atoms with van der Waals surface area (Å²) in [6, 6.07) is 9.82. The van der Waals surface area contributed by atoms with Crippen molar-refractivity contribution < 1.29 is 9.59 Å². The molecule has 0 aliphatic carbocycles. The van der Waals surface area contributed by atoms with Crippen LogP contribution in [0.15, 0.2) is 30.3 Å². The molecule has 6 heteroatoms. The van der Waals surface area contributed by atoms with Gasteiger partial charge in [-0.15, -0.1) is 0 Å². The number of carbonyl (C=O) groups excluding carboxylic acids is 2. The highest BCUT2D eigenvalue weighted by molar-refractivity contribution is 5.81. The Hall–Kier alpha value is -2.24. The van der Waals surface area contributed by atoms with E-state index in [4.69, 9.17) is 0 Å². The number of nitrogens with zero attached hydrogens (tertiary/aromatic N) is 2. The number of benzene rings is 1. The first-order chi connectivity index (χ1) is 11.8. The van der Waals surface area contributed by atoms with Crippen LogP contribution >= 0.6 is 0 Å². The van der Waals surface area contributed by atoms with Crippen LogP contribution in [0.1, 0.15) is 46.2 Å². The summed E-state index contributed by atoms with van der Waals surface area (Å²) in [6.45, 7) is 10.0. The molecule has 2 aliphatic rings. The van der Waals surface area contributed by atoms with Crippen LogP contribution in [0.4, 0.5) is 9.59 Å². The number of rotatable bonds is 3. The normalized spacial score (nSPS) is 29.6. The molecular weight excluding hydrogens is 316 g/mol. The molecule has 2 N–H and O–H groups in total. The molecule has 0 radical (unpaired) electrons.